The van der Waals surface area contributed by atoms with Crippen LogP contribution in [-0.2, 0) is 10.2 Å². The first-order valence-corrected chi connectivity index (χ1v) is 6.55. The van der Waals surface area contributed by atoms with Crippen LogP contribution in [0.15, 0.2) is 5.16 Å². The Kier molecular flexibility index (Phi) is 6.31. The van der Waals surface area contributed by atoms with E-state index in [1.807, 2.05) is 0 Å². The van der Waals surface area contributed by atoms with Crippen LogP contribution in [-0.4, -0.2) is 43.4 Å². The first-order valence-electron chi connectivity index (χ1n) is 5.11. The maximum absolute atomic E-state index is 11.7. The molecule has 0 aliphatic carbocycles. The molecule has 0 aliphatic rings. The molecule has 0 aromatic heterocycles. The predicted molar refractivity (Wildman–Crippen MR) is 62.4 cm³/mol. The highest BCUT2D eigenvalue weighted by molar-refractivity contribution is 7.87. The summed E-state index contributed by atoms with van der Waals surface area (Å²) in [4.78, 5) is 0. The predicted octanol–water partition coefficient (Wildman–Crippen LogP) is -0.455. The summed E-state index contributed by atoms with van der Waals surface area (Å²) >= 11 is 0. The Morgan fingerprint density at radius 3 is 2.50 bits per heavy atom. The molecular formula is C8H20N4O3S. The lowest BCUT2D eigenvalue weighted by atomic mass is 10.1. The second-order valence-corrected chi connectivity index (χ2v) is 5.13. The molecule has 0 fully saturated rings. The number of amidine groups is 1. The molecule has 0 amide bonds. The van der Waals surface area contributed by atoms with Crippen LogP contribution in [0.25, 0.3) is 0 Å². The normalized spacial score (nSPS) is 15.4. The van der Waals surface area contributed by atoms with Gasteiger partial charge in [0, 0.05) is 25.6 Å². The Labute approximate surface area is 96.5 Å². The van der Waals surface area contributed by atoms with Crippen molar-refractivity contribution < 1.29 is 13.6 Å². The maximum Gasteiger partial charge on any atom is 0.279 e. The second kappa shape index (κ2) is 6.66. The molecule has 0 aromatic carbocycles. The Balaban J connectivity index is 4.65. The van der Waals surface area contributed by atoms with Crippen molar-refractivity contribution in [1.82, 2.24) is 9.03 Å². The molecule has 1 atom stereocenters. The van der Waals surface area contributed by atoms with Gasteiger partial charge in [-0.15, -0.1) is 0 Å². The van der Waals surface area contributed by atoms with Crippen LogP contribution in [0, 0.1) is 5.92 Å². The minimum atomic E-state index is -3.47. The zero-order valence-corrected chi connectivity index (χ0v) is 10.7. The highest BCUT2D eigenvalue weighted by atomic mass is 32.2. The number of oxime groups is 1. The number of hydrogen-bond acceptors (Lipinski definition) is 4. The summed E-state index contributed by atoms with van der Waals surface area (Å²) in [6.07, 6.45) is 0. The summed E-state index contributed by atoms with van der Waals surface area (Å²) in [7, 11) is -3.47. The van der Waals surface area contributed by atoms with E-state index in [-0.39, 0.29) is 18.3 Å². The number of nitrogens with zero attached hydrogens (tertiary/aromatic N) is 2. The highest BCUT2D eigenvalue weighted by Gasteiger charge is 2.22. The summed E-state index contributed by atoms with van der Waals surface area (Å²) in [5, 5.41) is 11.3. The van der Waals surface area contributed by atoms with Crippen molar-refractivity contribution >= 4 is 16.0 Å². The monoisotopic (exact) mass is 252 g/mol. The van der Waals surface area contributed by atoms with Crippen LogP contribution in [0.2, 0.25) is 0 Å². The van der Waals surface area contributed by atoms with Crippen molar-refractivity contribution in [1.29, 1.82) is 0 Å². The van der Waals surface area contributed by atoms with Crippen molar-refractivity contribution in [2.24, 2.45) is 16.8 Å². The van der Waals surface area contributed by atoms with Gasteiger partial charge in [0.1, 0.15) is 5.84 Å². The van der Waals surface area contributed by atoms with Crippen LogP contribution in [0.5, 0.6) is 0 Å². The van der Waals surface area contributed by atoms with Crippen molar-refractivity contribution in [2.75, 3.05) is 19.6 Å². The Hall–Kier alpha value is -0.860. The van der Waals surface area contributed by atoms with E-state index in [0.29, 0.717) is 13.1 Å². The Morgan fingerprint density at radius 1 is 1.56 bits per heavy atom. The molecule has 0 aliphatic heterocycles. The molecule has 0 rings (SSSR count). The molecule has 0 radical (unpaired) electrons. The average molecular weight is 252 g/mol. The number of nitrogens with one attached hydrogen (secondary N) is 1. The lowest BCUT2D eigenvalue weighted by Crippen LogP contribution is -2.44. The average Bonchev–Trinajstić information content (AvgIpc) is 2.23. The minimum Gasteiger partial charge on any atom is -0.409 e. The van der Waals surface area contributed by atoms with E-state index in [9.17, 15) is 8.42 Å². The van der Waals surface area contributed by atoms with Gasteiger partial charge in [0.05, 0.1) is 0 Å². The van der Waals surface area contributed by atoms with Gasteiger partial charge >= 0.3 is 0 Å². The fourth-order valence-electron chi connectivity index (χ4n) is 1.17. The van der Waals surface area contributed by atoms with Gasteiger partial charge in [-0.1, -0.05) is 25.9 Å². The van der Waals surface area contributed by atoms with Crippen LogP contribution in [0.1, 0.15) is 20.8 Å². The first-order chi connectivity index (χ1) is 7.38. The summed E-state index contributed by atoms with van der Waals surface area (Å²) in [5.74, 6) is -0.316. The molecule has 0 bridgehead atoms. The van der Waals surface area contributed by atoms with Crippen LogP contribution in [0.4, 0.5) is 0 Å². The van der Waals surface area contributed by atoms with Gasteiger partial charge in [0.15, 0.2) is 0 Å². The smallest absolute Gasteiger partial charge is 0.279 e. The quantitative estimate of drug-likeness (QED) is 0.247. The molecule has 0 saturated carbocycles. The Bertz CT molecular complexity index is 328. The van der Waals surface area contributed by atoms with Gasteiger partial charge in [-0.2, -0.15) is 12.7 Å². The maximum atomic E-state index is 11.7. The van der Waals surface area contributed by atoms with E-state index in [0.717, 1.165) is 0 Å². The van der Waals surface area contributed by atoms with Crippen molar-refractivity contribution in [2.45, 2.75) is 20.8 Å². The van der Waals surface area contributed by atoms with Gasteiger partial charge in [0.25, 0.3) is 10.2 Å². The molecule has 96 valence electrons. The molecule has 1 unspecified atom stereocenters. The first kappa shape index (κ1) is 15.1. The third kappa shape index (κ3) is 4.33. The molecule has 8 heteroatoms. The van der Waals surface area contributed by atoms with E-state index >= 15 is 0 Å². The van der Waals surface area contributed by atoms with Crippen molar-refractivity contribution in [3.8, 4) is 0 Å². The summed E-state index contributed by atoms with van der Waals surface area (Å²) in [6, 6.07) is 0. The van der Waals surface area contributed by atoms with E-state index in [4.69, 9.17) is 10.9 Å². The molecule has 0 spiro atoms. The largest absolute Gasteiger partial charge is 0.409 e. The van der Waals surface area contributed by atoms with Gasteiger partial charge in [0.2, 0.25) is 0 Å². The second-order valence-electron chi connectivity index (χ2n) is 3.38. The zero-order valence-electron chi connectivity index (χ0n) is 9.84. The molecule has 4 N–H and O–H groups in total. The van der Waals surface area contributed by atoms with Gasteiger partial charge in [-0.3, -0.25) is 0 Å². The standard InChI is InChI=1S/C8H20N4O3S/c1-4-10-16(14,15)12(5-2)6-7(3)8(9)11-13/h7,10,13H,4-6H2,1-3H3,(H2,9,11). The molecule has 0 saturated heterocycles. The lowest BCUT2D eigenvalue weighted by Gasteiger charge is -2.23. The van der Waals surface area contributed by atoms with Crippen molar-refractivity contribution in [3.05, 3.63) is 0 Å². The SMILES string of the molecule is CCNS(=O)(=O)N(CC)CC(C)C(N)=NO. The Morgan fingerprint density at radius 2 is 2.12 bits per heavy atom. The highest BCUT2D eigenvalue weighted by Crippen LogP contribution is 2.04. The molecule has 0 heterocycles. The molecule has 7 nitrogen and oxygen atoms in total. The summed E-state index contributed by atoms with van der Waals surface area (Å²) in [5.41, 5.74) is 5.39. The van der Waals surface area contributed by atoms with Gasteiger partial charge in [-0.05, 0) is 0 Å². The van der Waals surface area contributed by atoms with E-state index in [1.165, 1.54) is 4.31 Å². The molecule has 0 aromatic rings. The third-order valence-corrected chi connectivity index (χ3v) is 3.86. The fourth-order valence-corrected chi connectivity index (χ4v) is 2.48. The van der Waals surface area contributed by atoms with Crippen LogP contribution in [0.3, 0.4) is 0 Å². The minimum absolute atomic E-state index is 0.0187. The molecule has 16 heavy (non-hydrogen) atoms. The number of hydrogen-bond donors (Lipinski definition) is 3. The van der Waals surface area contributed by atoms with E-state index in [1.54, 1.807) is 20.8 Å². The van der Waals surface area contributed by atoms with Gasteiger partial charge < -0.3 is 10.9 Å². The van der Waals surface area contributed by atoms with E-state index in [2.05, 4.69) is 9.88 Å². The topological polar surface area (TPSA) is 108 Å². The molecular weight excluding hydrogens is 232 g/mol. The van der Waals surface area contributed by atoms with E-state index < -0.39 is 10.2 Å². The fraction of sp³-hybridized carbons (Fsp3) is 0.875. The zero-order chi connectivity index (χ0) is 12.8. The lowest BCUT2D eigenvalue weighted by molar-refractivity contribution is 0.311. The summed E-state index contributed by atoms with van der Waals surface area (Å²) in [6.45, 7) is 5.97. The van der Waals surface area contributed by atoms with Crippen LogP contribution < -0.4 is 10.5 Å². The number of nitrogens with two attached hydrogens (primary N) is 1. The van der Waals surface area contributed by atoms with Crippen LogP contribution >= 0.6 is 0 Å². The van der Waals surface area contributed by atoms with Crippen molar-refractivity contribution in [3.63, 3.8) is 0 Å². The number of rotatable bonds is 7. The third-order valence-electron chi connectivity index (χ3n) is 2.12. The van der Waals surface area contributed by atoms with Gasteiger partial charge in [-0.25, -0.2) is 4.72 Å². The summed E-state index contributed by atoms with van der Waals surface area (Å²) < 4.78 is 27.0.